The van der Waals surface area contributed by atoms with Gasteiger partial charge in [-0.2, -0.15) is 0 Å². The summed E-state index contributed by atoms with van der Waals surface area (Å²) in [6, 6.07) is 27.8. The fourth-order valence-electron chi connectivity index (χ4n) is 3.47. The van der Waals surface area contributed by atoms with Crippen molar-refractivity contribution in [3.05, 3.63) is 85.1 Å². The number of fused-ring (bicyclic) bond motifs is 2. The molecule has 24 heavy (non-hydrogen) atoms. The second-order valence-corrected chi connectivity index (χ2v) is 6.07. The van der Waals surface area contributed by atoms with Crippen molar-refractivity contribution in [2.24, 2.45) is 0 Å². The zero-order valence-electron chi connectivity index (χ0n) is 13.1. The molecule has 2 heterocycles. The maximum atomic E-state index is 3.61. The predicted octanol–water partition coefficient (Wildman–Crippen LogP) is 5.98. The van der Waals surface area contributed by atoms with E-state index in [4.69, 9.17) is 0 Å². The summed E-state index contributed by atoms with van der Waals surface area (Å²) < 4.78 is 0. The number of para-hydroxylation sites is 1. The molecule has 0 radical (unpaired) electrons. The normalized spacial score (nSPS) is 11.3. The maximum Gasteiger partial charge on any atom is 0.0544 e. The van der Waals surface area contributed by atoms with Gasteiger partial charge in [0.2, 0.25) is 0 Å². The Hall–Kier alpha value is -3.26. The van der Waals surface area contributed by atoms with Crippen LogP contribution >= 0.6 is 0 Å². The van der Waals surface area contributed by atoms with Gasteiger partial charge < -0.3 is 9.97 Å². The van der Waals surface area contributed by atoms with Crippen molar-refractivity contribution in [3.63, 3.8) is 0 Å². The Morgan fingerprint density at radius 2 is 1.46 bits per heavy atom. The van der Waals surface area contributed by atoms with Crippen LogP contribution in [0.1, 0.15) is 0 Å². The van der Waals surface area contributed by atoms with E-state index in [2.05, 4.69) is 88.8 Å². The molecule has 2 N–H and O–H groups in total. The molecule has 0 unspecified atom stereocenters. The lowest BCUT2D eigenvalue weighted by Gasteiger charge is -2.06. The molecule has 2 nitrogen and oxygen atoms in total. The van der Waals surface area contributed by atoms with Gasteiger partial charge >= 0.3 is 0 Å². The smallest absolute Gasteiger partial charge is 0.0544 e. The number of aromatic nitrogens is 2. The topological polar surface area (TPSA) is 31.6 Å². The monoisotopic (exact) mass is 308 g/mol. The summed E-state index contributed by atoms with van der Waals surface area (Å²) in [4.78, 5) is 6.88. The van der Waals surface area contributed by atoms with E-state index in [0.29, 0.717) is 0 Å². The Bertz CT molecular complexity index is 1150. The first-order valence-corrected chi connectivity index (χ1v) is 8.14. The Morgan fingerprint density at radius 3 is 2.38 bits per heavy atom. The first kappa shape index (κ1) is 13.2. The van der Waals surface area contributed by atoms with Gasteiger partial charge in [-0.05, 0) is 40.8 Å². The number of rotatable bonds is 2. The Kier molecular flexibility index (Phi) is 2.83. The van der Waals surface area contributed by atoms with Gasteiger partial charge in [0.15, 0.2) is 0 Å². The van der Waals surface area contributed by atoms with E-state index in [1.54, 1.807) is 0 Å². The van der Waals surface area contributed by atoms with E-state index in [-0.39, 0.29) is 0 Å². The molecule has 0 aliphatic rings. The van der Waals surface area contributed by atoms with Crippen molar-refractivity contribution in [2.75, 3.05) is 0 Å². The summed E-state index contributed by atoms with van der Waals surface area (Å²) in [5.74, 6) is 0. The molecule has 0 saturated carbocycles. The van der Waals surface area contributed by atoms with Crippen molar-refractivity contribution in [1.82, 2.24) is 9.97 Å². The Labute approximate surface area is 139 Å². The molecule has 0 aliphatic carbocycles. The van der Waals surface area contributed by atoms with Crippen LogP contribution in [0, 0.1) is 0 Å². The molecule has 0 atom stereocenters. The van der Waals surface area contributed by atoms with Gasteiger partial charge in [0.25, 0.3) is 0 Å². The maximum absolute atomic E-state index is 3.61. The Balaban J connectivity index is 1.85. The van der Waals surface area contributed by atoms with Crippen LogP contribution in [0.15, 0.2) is 85.1 Å². The lowest BCUT2D eigenvalue weighted by atomic mass is 9.97. The molecular weight excluding hydrogens is 292 g/mol. The average molecular weight is 308 g/mol. The average Bonchev–Trinajstić information content (AvgIpc) is 3.26. The largest absolute Gasteiger partial charge is 0.361 e. The van der Waals surface area contributed by atoms with E-state index in [1.165, 1.54) is 44.2 Å². The highest BCUT2D eigenvalue weighted by atomic mass is 14.7. The fourth-order valence-corrected chi connectivity index (χ4v) is 3.47. The minimum atomic E-state index is 1.17. The number of benzene rings is 3. The van der Waals surface area contributed by atoms with Crippen molar-refractivity contribution in [3.8, 4) is 22.4 Å². The van der Waals surface area contributed by atoms with Crippen LogP contribution in [0.4, 0.5) is 0 Å². The second-order valence-electron chi connectivity index (χ2n) is 6.07. The van der Waals surface area contributed by atoms with E-state index in [1.807, 2.05) is 6.20 Å². The first-order chi connectivity index (χ1) is 11.9. The molecule has 0 amide bonds. The van der Waals surface area contributed by atoms with Gasteiger partial charge in [0.05, 0.1) is 5.69 Å². The molecule has 3 aromatic carbocycles. The number of aromatic amines is 2. The first-order valence-electron chi connectivity index (χ1n) is 8.14. The number of hydrogen-bond donors (Lipinski definition) is 2. The van der Waals surface area contributed by atoms with Crippen LogP contribution in [0.5, 0.6) is 0 Å². The van der Waals surface area contributed by atoms with Gasteiger partial charge in [0.1, 0.15) is 0 Å². The fraction of sp³-hybridized carbons (Fsp3) is 0. The number of H-pyrrole nitrogens is 2. The lowest BCUT2D eigenvalue weighted by Crippen LogP contribution is -1.83. The minimum Gasteiger partial charge on any atom is -0.361 e. The molecule has 5 aromatic rings. The van der Waals surface area contributed by atoms with Crippen LogP contribution in [0.3, 0.4) is 0 Å². The summed E-state index contributed by atoms with van der Waals surface area (Å²) in [6.45, 7) is 0. The molecular formula is C22H16N2. The summed E-state index contributed by atoms with van der Waals surface area (Å²) in [6.07, 6.45) is 1.99. The van der Waals surface area contributed by atoms with Crippen LogP contribution in [-0.4, -0.2) is 9.97 Å². The second kappa shape index (κ2) is 5.14. The van der Waals surface area contributed by atoms with Crippen molar-refractivity contribution in [2.45, 2.75) is 0 Å². The number of nitrogens with one attached hydrogen (secondary N) is 2. The molecule has 2 heteroatoms. The quantitative estimate of drug-likeness (QED) is 0.402. The van der Waals surface area contributed by atoms with Gasteiger partial charge in [0, 0.05) is 28.2 Å². The van der Waals surface area contributed by atoms with E-state index >= 15 is 0 Å². The van der Waals surface area contributed by atoms with Gasteiger partial charge in [-0.1, -0.05) is 54.6 Å². The highest BCUT2D eigenvalue weighted by molar-refractivity contribution is 6.05. The lowest BCUT2D eigenvalue weighted by molar-refractivity contribution is 1.45. The molecule has 0 fully saturated rings. The summed E-state index contributed by atoms with van der Waals surface area (Å²) in [5, 5.41) is 2.49. The zero-order valence-corrected chi connectivity index (χ0v) is 13.1. The third-order valence-corrected chi connectivity index (χ3v) is 4.61. The van der Waals surface area contributed by atoms with E-state index < -0.39 is 0 Å². The molecule has 0 aliphatic heterocycles. The summed E-state index contributed by atoms with van der Waals surface area (Å²) in [7, 11) is 0. The summed E-state index contributed by atoms with van der Waals surface area (Å²) in [5.41, 5.74) is 7.21. The summed E-state index contributed by atoms with van der Waals surface area (Å²) >= 11 is 0. The highest BCUT2D eigenvalue weighted by Crippen LogP contribution is 2.39. The highest BCUT2D eigenvalue weighted by Gasteiger charge is 2.15. The van der Waals surface area contributed by atoms with Gasteiger partial charge in [-0.15, -0.1) is 0 Å². The van der Waals surface area contributed by atoms with E-state index in [0.717, 1.165) is 0 Å². The van der Waals surface area contributed by atoms with Gasteiger partial charge in [-0.25, -0.2) is 0 Å². The van der Waals surface area contributed by atoms with Gasteiger partial charge in [-0.3, -0.25) is 0 Å². The molecule has 5 rings (SSSR count). The number of hydrogen-bond acceptors (Lipinski definition) is 0. The third-order valence-electron chi connectivity index (χ3n) is 4.61. The van der Waals surface area contributed by atoms with Crippen molar-refractivity contribution in [1.29, 1.82) is 0 Å². The predicted molar refractivity (Wildman–Crippen MR) is 101 cm³/mol. The standard InChI is InChI=1S/C22H16N2/c1-2-6-15(7-3-1)22-21(18-8-4-5-9-20(18)24-22)17-10-11-19-16(14-17)12-13-23-19/h1-14,23-24H. The van der Waals surface area contributed by atoms with Crippen molar-refractivity contribution >= 4 is 21.8 Å². The van der Waals surface area contributed by atoms with Crippen LogP contribution in [-0.2, 0) is 0 Å². The molecule has 2 aromatic heterocycles. The van der Waals surface area contributed by atoms with Crippen LogP contribution in [0.2, 0.25) is 0 Å². The molecule has 0 bridgehead atoms. The van der Waals surface area contributed by atoms with E-state index in [9.17, 15) is 0 Å². The molecule has 114 valence electrons. The third kappa shape index (κ3) is 1.97. The SMILES string of the molecule is c1ccc(-c2[nH]c3ccccc3c2-c2ccc3[nH]ccc3c2)cc1. The van der Waals surface area contributed by atoms with Crippen LogP contribution in [0.25, 0.3) is 44.2 Å². The van der Waals surface area contributed by atoms with Crippen molar-refractivity contribution < 1.29 is 0 Å². The Morgan fingerprint density at radius 1 is 0.625 bits per heavy atom. The minimum absolute atomic E-state index is 1.17. The molecule has 0 spiro atoms. The van der Waals surface area contributed by atoms with Crippen LogP contribution < -0.4 is 0 Å². The zero-order chi connectivity index (χ0) is 15.9. The molecule has 0 saturated heterocycles.